The van der Waals surface area contributed by atoms with Crippen molar-refractivity contribution in [2.45, 2.75) is 31.7 Å². The Hall–Kier alpha value is -4.38. The molecule has 0 aromatic heterocycles. The minimum atomic E-state index is -1.05. The molecule has 38 heavy (non-hydrogen) atoms. The number of nitrogens with one attached hydrogen (secondary N) is 2. The van der Waals surface area contributed by atoms with Crippen molar-refractivity contribution in [3.05, 3.63) is 59.2 Å². The largest absolute Gasteiger partial charge is 0.508 e. The lowest BCUT2D eigenvalue weighted by atomic mass is 9.89. The molecule has 5 rings (SSSR count). The number of benzene rings is 2. The molecule has 196 valence electrons. The number of fused-ring (bicyclic) bond motifs is 1. The van der Waals surface area contributed by atoms with E-state index in [9.17, 15) is 33.9 Å². The van der Waals surface area contributed by atoms with Gasteiger partial charge in [-0.3, -0.25) is 43.9 Å². The number of piperidine rings is 2. The van der Waals surface area contributed by atoms with Crippen LogP contribution >= 0.6 is 0 Å². The van der Waals surface area contributed by atoms with Crippen molar-refractivity contribution in [2.75, 3.05) is 25.0 Å². The van der Waals surface area contributed by atoms with Gasteiger partial charge >= 0.3 is 0 Å². The predicted molar refractivity (Wildman–Crippen MR) is 133 cm³/mol. The number of amides is 5. The number of nitrogens with zero attached hydrogens (tertiary/aromatic N) is 2. The van der Waals surface area contributed by atoms with Gasteiger partial charge in [-0.1, -0.05) is 0 Å². The van der Waals surface area contributed by atoms with Crippen molar-refractivity contribution < 1.29 is 33.9 Å². The van der Waals surface area contributed by atoms with E-state index in [2.05, 4.69) is 10.6 Å². The molecule has 0 radical (unpaired) electrons. The van der Waals surface area contributed by atoms with Crippen LogP contribution < -0.4 is 10.6 Å². The molecule has 11 nitrogen and oxygen atoms in total. The predicted octanol–water partition coefficient (Wildman–Crippen LogP) is 1.33. The fourth-order valence-electron chi connectivity index (χ4n) is 5.17. The summed E-state index contributed by atoms with van der Waals surface area (Å²) in [5.41, 5.74) is 1.13. The number of phenolic OH excluding ortho intramolecular Hbond substituents is 1. The van der Waals surface area contributed by atoms with E-state index in [0.29, 0.717) is 37.2 Å². The molecule has 0 bridgehead atoms. The van der Waals surface area contributed by atoms with E-state index in [1.54, 1.807) is 12.1 Å². The monoisotopic (exact) mass is 518 g/mol. The summed E-state index contributed by atoms with van der Waals surface area (Å²) in [5.74, 6) is -2.69. The van der Waals surface area contributed by atoms with Gasteiger partial charge in [-0.25, -0.2) is 0 Å². The molecule has 1 unspecified atom stereocenters. The average Bonchev–Trinajstić information content (AvgIpc) is 3.14. The molecule has 0 spiro atoms. The molecule has 3 heterocycles. The van der Waals surface area contributed by atoms with Crippen molar-refractivity contribution in [2.24, 2.45) is 5.92 Å². The number of hydrogen-bond acceptors (Lipinski definition) is 8. The van der Waals surface area contributed by atoms with Crippen LogP contribution in [0.2, 0.25) is 0 Å². The van der Waals surface area contributed by atoms with Crippen molar-refractivity contribution in [3.63, 3.8) is 0 Å². The summed E-state index contributed by atoms with van der Waals surface area (Å²) >= 11 is 0. The Balaban J connectivity index is 1.16. The maximum atomic E-state index is 13.0. The summed E-state index contributed by atoms with van der Waals surface area (Å²) in [5, 5.41) is 14.3. The van der Waals surface area contributed by atoms with Gasteiger partial charge in [0.25, 0.3) is 11.8 Å². The normalized spacial score (nSPS) is 20.3. The zero-order chi connectivity index (χ0) is 27.0. The molecule has 1 atom stereocenters. The van der Waals surface area contributed by atoms with Crippen LogP contribution in [0.5, 0.6) is 5.75 Å². The molecule has 0 saturated carbocycles. The second-order valence-electron chi connectivity index (χ2n) is 9.72. The number of Topliss-reactive ketones (excluding diaryl/α,β-unsaturated/α-hetero) is 1. The van der Waals surface area contributed by atoms with E-state index in [1.807, 2.05) is 4.90 Å². The van der Waals surface area contributed by atoms with Gasteiger partial charge in [0.15, 0.2) is 5.78 Å². The molecule has 2 aromatic carbocycles. The van der Waals surface area contributed by atoms with Gasteiger partial charge in [0, 0.05) is 23.6 Å². The number of anilines is 1. The molecule has 2 saturated heterocycles. The molecule has 3 aliphatic rings. The summed E-state index contributed by atoms with van der Waals surface area (Å²) in [7, 11) is 0. The molecular formula is C27H26N4O7. The summed E-state index contributed by atoms with van der Waals surface area (Å²) in [6.45, 7) is 1.24. The molecule has 2 fully saturated rings. The second kappa shape index (κ2) is 10.2. The molecule has 3 aliphatic heterocycles. The molecule has 3 N–H and O–H groups in total. The number of imide groups is 2. The quantitative estimate of drug-likeness (QED) is 0.382. The highest BCUT2D eigenvalue weighted by atomic mass is 16.3. The zero-order valence-corrected chi connectivity index (χ0v) is 20.4. The van der Waals surface area contributed by atoms with Crippen molar-refractivity contribution >= 4 is 41.0 Å². The van der Waals surface area contributed by atoms with Gasteiger partial charge in [0.05, 0.1) is 17.7 Å². The SMILES string of the molecule is O=C1CCC(N2C(=O)c3ccc(NC(=O)CN4CCC(C(=O)c5ccc(O)cc5)CC4)cc3C2=O)C(=O)N1. The first-order valence-corrected chi connectivity index (χ1v) is 12.4. The van der Waals surface area contributed by atoms with Crippen LogP contribution in [0.3, 0.4) is 0 Å². The van der Waals surface area contributed by atoms with Crippen LogP contribution in [0.25, 0.3) is 0 Å². The standard InChI is InChI=1S/C27H26N4O7/c32-18-4-1-15(2-5-18)24(35)16-9-11-30(12-10-16)14-23(34)28-17-3-6-19-20(13-17)27(38)31(26(19)37)21-7-8-22(33)29-25(21)36/h1-6,13,16,21,32H,7-12,14H2,(H,28,34)(H,29,33,36). The third-order valence-corrected chi connectivity index (χ3v) is 7.20. The maximum absolute atomic E-state index is 13.0. The smallest absolute Gasteiger partial charge is 0.262 e. The van der Waals surface area contributed by atoms with Crippen LogP contribution in [0.4, 0.5) is 5.69 Å². The van der Waals surface area contributed by atoms with Gasteiger partial charge < -0.3 is 10.4 Å². The summed E-state index contributed by atoms with van der Waals surface area (Å²) in [6.07, 6.45) is 1.32. The van der Waals surface area contributed by atoms with E-state index < -0.39 is 29.7 Å². The highest BCUT2D eigenvalue weighted by Crippen LogP contribution is 2.30. The molecule has 5 amide bonds. The third kappa shape index (κ3) is 4.92. The van der Waals surface area contributed by atoms with Crippen LogP contribution in [0.1, 0.15) is 56.8 Å². The molecule has 0 aliphatic carbocycles. The Morgan fingerprint density at radius 3 is 2.29 bits per heavy atom. The Labute approximate surface area is 217 Å². The molecule has 11 heteroatoms. The van der Waals surface area contributed by atoms with Crippen LogP contribution in [0.15, 0.2) is 42.5 Å². The van der Waals surface area contributed by atoms with E-state index in [0.717, 1.165) is 4.90 Å². The van der Waals surface area contributed by atoms with Crippen molar-refractivity contribution in [1.29, 1.82) is 0 Å². The molecular weight excluding hydrogens is 492 g/mol. The van der Waals surface area contributed by atoms with E-state index in [4.69, 9.17) is 0 Å². The first-order chi connectivity index (χ1) is 18.2. The summed E-state index contributed by atoms with van der Waals surface area (Å²) in [6, 6.07) is 9.52. The topological polar surface area (TPSA) is 153 Å². The number of carbonyl (C=O) groups is 6. The lowest BCUT2D eigenvalue weighted by molar-refractivity contribution is -0.136. The fourth-order valence-corrected chi connectivity index (χ4v) is 5.17. The molecule has 2 aromatic rings. The first-order valence-electron chi connectivity index (χ1n) is 12.4. The summed E-state index contributed by atoms with van der Waals surface area (Å²) in [4.78, 5) is 77.7. The van der Waals surface area contributed by atoms with Gasteiger partial charge in [-0.05, 0) is 74.8 Å². The van der Waals surface area contributed by atoms with E-state index in [1.165, 1.54) is 30.3 Å². The maximum Gasteiger partial charge on any atom is 0.262 e. The lowest BCUT2D eigenvalue weighted by Gasteiger charge is -2.30. The number of carbonyl (C=O) groups excluding carboxylic acids is 6. The van der Waals surface area contributed by atoms with Gasteiger partial charge in [-0.2, -0.15) is 0 Å². The Morgan fingerprint density at radius 1 is 0.921 bits per heavy atom. The summed E-state index contributed by atoms with van der Waals surface area (Å²) < 4.78 is 0. The second-order valence-corrected chi connectivity index (χ2v) is 9.72. The van der Waals surface area contributed by atoms with Gasteiger partial charge in [0.2, 0.25) is 17.7 Å². The number of aromatic hydroxyl groups is 1. The van der Waals surface area contributed by atoms with Crippen LogP contribution in [-0.2, 0) is 14.4 Å². The minimum Gasteiger partial charge on any atom is -0.508 e. The highest BCUT2D eigenvalue weighted by molar-refractivity contribution is 6.24. The number of hydrogen-bond donors (Lipinski definition) is 3. The van der Waals surface area contributed by atoms with E-state index >= 15 is 0 Å². The number of rotatable bonds is 6. The fraction of sp³-hybridized carbons (Fsp3) is 0.333. The van der Waals surface area contributed by atoms with Gasteiger partial charge in [-0.15, -0.1) is 0 Å². The minimum absolute atomic E-state index is 0.0257. The Bertz CT molecular complexity index is 1350. The number of ketones is 1. The Kier molecular flexibility index (Phi) is 6.77. The average molecular weight is 519 g/mol. The van der Waals surface area contributed by atoms with Crippen LogP contribution in [0, 0.1) is 5.92 Å². The number of likely N-dealkylation sites (tertiary alicyclic amines) is 1. The first kappa shape index (κ1) is 25.3. The van der Waals surface area contributed by atoms with E-state index in [-0.39, 0.29) is 53.9 Å². The lowest BCUT2D eigenvalue weighted by Crippen LogP contribution is -2.54. The zero-order valence-electron chi connectivity index (χ0n) is 20.4. The highest BCUT2D eigenvalue weighted by Gasteiger charge is 2.44. The van der Waals surface area contributed by atoms with Crippen molar-refractivity contribution in [3.8, 4) is 5.75 Å². The third-order valence-electron chi connectivity index (χ3n) is 7.20. The number of phenols is 1. The van der Waals surface area contributed by atoms with Gasteiger partial charge in [0.1, 0.15) is 11.8 Å². The van der Waals surface area contributed by atoms with Crippen molar-refractivity contribution in [1.82, 2.24) is 15.1 Å². The Morgan fingerprint density at radius 2 is 1.61 bits per heavy atom. The van der Waals surface area contributed by atoms with Crippen LogP contribution in [-0.4, -0.2) is 75.9 Å².